The minimum Gasteiger partial charge on any atom is -0.361 e. The summed E-state index contributed by atoms with van der Waals surface area (Å²) in [6, 6.07) is 9.14. The Kier molecular flexibility index (Phi) is 3.97. The molecule has 1 aliphatic rings. The van der Waals surface area contributed by atoms with E-state index in [1.165, 1.54) is 6.92 Å². The number of carbonyl (C=O) groups is 1. The van der Waals surface area contributed by atoms with Gasteiger partial charge in [0.05, 0.1) is 11.4 Å². The number of carbonyl (C=O) groups excluding carboxylic acids is 1. The third-order valence-electron chi connectivity index (χ3n) is 4.07. The Morgan fingerprint density at radius 1 is 1.39 bits per heavy atom. The van der Waals surface area contributed by atoms with Crippen molar-refractivity contribution in [3.63, 3.8) is 0 Å². The zero-order chi connectivity index (χ0) is 16.6. The predicted molar refractivity (Wildman–Crippen MR) is 85.8 cm³/mol. The lowest BCUT2D eigenvalue weighted by atomic mass is 10.2. The molecule has 0 unspecified atom stereocenters. The Morgan fingerprint density at radius 3 is 2.83 bits per heavy atom. The highest BCUT2D eigenvalue weighted by molar-refractivity contribution is 7.92. The number of benzene rings is 1. The van der Waals surface area contributed by atoms with Crippen LogP contribution in [0.5, 0.6) is 0 Å². The van der Waals surface area contributed by atoms with Gasteiger partial charge >= 0.3 is 0 Å². The summed E-state index contributed by atoms with van der Waals surface area (Å²) in [6.45, 7) is 3.64. The molecule has 1 amide bonds. The highest BCUT2D eigenvalue weighted by Crippen LogP contribution is 2.29. The lowest BCUT2D eigenvalue weighted by Gasteiger charge is -2.21. The first kappa shape index (κ1) is 15.7. The quantitative estimate of drug-likeness (QED) is 0.853. The topological polar surface area (TPSA) is 80.5 Å². The second kappa shape index (κ2) is 5.81. The van der Waals surface area contributed by atoms with E-state index in [1.54, 1.807) is 17.9 Å². The van der Waals surface area contributed by atoms with E-state index in [4.69, 9.17) is 4.52 Å². The SMILES string of the molecule is Cc1cc(CS(=O)(=O)[C@@H](C)C(=O)N2CCc3ccccc32)no1. The zero-order valence-electron chi connectivity index (χ0n) is 13.0. The number of anilines is 1. The molecule has 2 heterocycles. The van der Waals surface area contributed by atoms with Crippen LogP contribution < -0.4 is 4.90 Å². The van der Waals surface area contributed by atoms with Crippen molar-refractivity contribution >= 4 is 21.4 Å². The lowest BCUT2D eigenvalue weighted by Crippen LogP contribution is -2.41. The van der Waals surface area contributed by atoms with Crippen molar-refractivity contribution in [2.24, 2.45) is 0 Å². The molecular weight excluding hydrogens is 316 g/mol. The number of aryl methyl sites for hydroxylation is 1. The molecule has 1 aromatic heterocycles. The van der Waals surface area contributed by atoms with E-state index in [0.717, 1.165) is 17.7 Å². The lowest BCUT2D eigenvalue weighted by molar-refractivity contribution is -0.117. The van der Waals surface area contributed by atoms with Gasteiger partial charge in [-0.25, -0.2) is 8.42 Å². The van der Waals surface area contributed by atoms with Gasteiger partial charge in [0.15, 0.2) is 9.84 Å². The Morgan fingerprint density at radius 2 is 2.13 bits per heavy atom. The molecular formula is C16H18N2O4S. The molecule has 2 aromatic rings. The van der Waals surface area contributed by atoms with Crippen molar-refractivity contribution in [1.29, 1.82) is 0 Å². The molecule has 0 radical (unpaired) electrons. The number of fused-ring (bicyclic) bond motifs is 1. The van der Waals surface area contributed by atoms with Crippen molar-refractivity contribution in [1.82, 2.24) is 5.16 Å². The third kappa shape index (κ3) is 3.01. The molecule has 0 bridgehead atoms. The van der Waals surface area contributed by atoms with Gasteiger partial charge in [0, 0.05) is 18.3 Å². The predicted octanol–water partition coefficient (Wildman–Crippen LogP) is 1.88. The molecule has 6 nitrogen and oxygen atoms in total. The number of hydrogen-bond donors (Lipinski definition) is 0. The molecule has 3 rings (SSSR count). The maximum atomic E-state index is 12.7. The van der Waals surface area contributed by atoms with Gasteiger partial charge in [-0.3, -0.25) is 4.79 Å². The van der Waals surface area contributed by atoms with Crippen LogP contribution in [0.1, 0.15) is 23.9 Å². The largest absolute Gasteiger partial charge is 0.361 e. The normalized spacial score (nSPS) is 15.5. The molecule has 1 aliphatic heterocycles. The second-order valence-corrected chi connectivity index (χ2v) is 8.07. The van der Waals surface area contributed by atoms with Crippen LogP contribution in [0.4, 0.5) is 5.69 Å². The van der Waals surface area contributed by atoms with E-state index in [-0.39, 0.29) is 5.75 Å². The van der Waals surface area contributed by atoms with Crippen LogP contribution >= 0.6 is 0 Å². The van der Waals surface area contributed by atoms with Crippen LogP contribution in [0.3, 0.4) is 0 Å². The van der Waals surface area contributed by atoms with Gasteiger partial charge in [-0.15, -0.1) is 0 Å². The fourth-order valence-electron chi connectivity index (χ4n) is 2.76. The first-order chi connectivity index (χ1) is 10.9. The molecule has 1 atom stereocenters. The first-order valence-electron chi connectivity index (χ1n) is 7.41. The highest BCUT2D eigenvalue weighted by atomic mass is 32.2. The first-order valence-corrected chi connectivity index (χ1v) is 9.13. The van der Waals surface area contributed by atoms with Crippen molar-refractivity contribution in [3.8, 4) is 0 Å². The molecule has 1 aromatic carbocycles. The zero-order valence-corrected chi connectivity index (χ0v) is 13.8. The number of nitrogens with zero attached hydrogens (tertiary/aromatic N) is 2. The van der Waals surface area contributed by atoms with E-state index in [0.29, 0.717) is 18.0 Å². The summed E-state index contributed by atoms with van der Waals surface area (Å²) < 4.78 is 29.9. The van der Waals surface area contributed by atoms with E-state index >= 15 is 0 Å². The van der Waals surface area contributed by atoms with Crippen LogP contribution in [-0.4, -0.2) is 31.3 Å². The summed E-state index contributed by atoms with van der Waals surface area (Å²) in [5.41, 5.74) is 2.19. The van der Waals surface area contributed by atoms with Crippen molar-refractivity contribution in [2.75, 3.05) is 11.4 Å². The maximum absolute atomic E-state index is 12.7. The molecule has 0 saturated heterocycles. The van der Waals surface area contributed by atoms with Crippen LogP contribution in [0.2, 0.25) is 0 Å². The molecule has 122 valence electrons. The van der Waals surface area contributed by atoms with Gasteiger partial charge in [-0.05, 0) is 31.9 Å². The third-order valence-corrected chi connectivity index (χ3v) is 6.04. The number of aromatic nitrogens is 1. The van der Waals surface area contributed by atoms with Crippen LogP contribution in [0.25, 0.3) is 0 Å². The molecule has 0 fully saturated rings. The summed E-state index contributed by atoms with van der Waals surface area (Å²) in [7, 11) is -3.65. The van der Waals surface area contributed by atoms with Gasteiger partial charge in [0.1, 0.15) is 11.0 Å². The van der Waals surface area contributed by atoms with Crippen molar-refractivity contribution < 1.29 is 17.7 Å². The second-order valence-electron chi connectivity index (χ2n) is 5.75. The molecule has 7 heteroatoms. The van der Waals surface area contributed by atoms with E-state index in [9.17, 15) is 13.2 Å². The van der Waals surface area contributed by atoms with Gasteiger partial charge < -0.3 is 9.42 Å². The number of hydrogen-bond acceptors (Lipinski definition) is 5. The summed E-state index contributed by atoms with van der Waals surface area (Å²) >= 11 is 0. The highest BCUT2D eigenvalue weighted by Gasteiger charge is 2.35. The van der Waals surface area contributed by atoms with Gasteiger partial charge in [0.25, 0.3) is 0 Å². The Balaban J connectivity index is 1.80. The summed E-state index contributed by atoms with van der Waals surface area (Å²) in [6.07, 6.45) is 0.747. The molecule has 0 N–H and O–H groups in total. The maximum Gasteiger partial charge on any atom is 0.245 e. The minimum absolute atomic E-state index is 0.299. The van der Waals surface area contributed by atoms with Crippen molar-refractivity contribution in [2.45, 2.75) is 31.3 Å². The van der Waals surface area contributed by atoms with E-state index in [2.05, 4.69) is 5.16 Å². The number of sulfone groups is 1. The number of amides is 1. The average molecular weight is 334 g/mol. The molecule has 0 aliphatic carbocycles. The van der Waals surface area contributed by atoms with Crippen LogP contribution in [0, 0.1) is 6.92 Å². The fraction of sp³-hybridized carbons (Fsp3) is 0.375. The Hall–Kier alpha value is -2.15. The Labute approximate surface area is 135 Å². The average Bonchev–Trinajstić information content (AvgIpc) is 3.11. The number of rotatable bonds is 4. The number of para-hydroxylation sites is 1. The Bertz CT molecular complexity index is 841. The summed E-state index contributed by atoms with van der Waals surface area (Å²) in [5.74, 6) is -0.148. The summed E-state index contributed by atoms with van der Waals surface area (Å²) in [4.78, 5) is 14.2. The standard InChI is InChI=1S/C16H18N2O4S/c1-11-9-14(17-22-11)10-23(20,21)12(2)16(19)18-8-7-13-5-3-4-6-15(13)18/h3-6,9,12H,7-8,10H2,1-2H3/t12-/m0/s1. The molecule has 0 saturated carbocycles. The summed E-state index contributed by atoms with van der Waals surface area (Å²) in [5, 5.41) is 2.58. The molecule has 23 heavy (non-hydrogen) atoms. The minimum atomic E-state index is -3.65. The van der Waals surface area contributed by atoms with Gasteiger partial charge in [0.2, 0.25) is 5.91 Å². The van der Waals surface area contributed by atoms with E-state index < -0.39 is 21.0 Å². The smallest absolute Gasteiger partial charge is 0.245 e. The molecule has 0 spiro atoms. The van der Waals surface area contributed by atoms with Crippen LogP contribution in [-0.2, 0) is 26.8 Å². The van der Waals surface area contributed by atoms with Crippen molar-refractivity contribution in [3.05, 3.63) is 47.3 Å². The van der Waals surface area contributed by atoms with Gasteiger partial charge in [-0.1, -0.05) is 23.4 Å². The fourth-order valence-corrected chi connectivity index (χ4v) is 3.99. The van der Waals surface area contributed by atoms with Crippen LogP contribution in [0.15, 0.2) is 34.9 Å². The van der Waals surface area contributed by atoms with Gasteiger partial charge in [-0.2, -0.15) is 0 Å². The monoisotopic (exact) mass is 334 g/mol. The van der Waals surface area contributed by atoms with E-state index in [1.807, 2.05) is 24.3 Å².